The number of carbonyl (C=O) groups is 1. The van der Waals surface area contributed by atoms with Crippen molar-refractivity contribution >= 4 is 29.3 Å². The molecule has 0 spiro atoms. The highest BCUT2D eigenvalue weighted by molar-refractivity contribution is 6.30. The zero-order chi connectivity index (χ0) is 22.8. The molecule has 8 nitrogen and oxygen atoms in total. The predicted octanol–water partition coefficient (Wildman–Crippen LogP) is 4.99. The molecule has 2 N–H and O–H groups in total. The first-order chi connectivity index (χ1) is 14.6. The van der Waals surface area contributed by atoms with Gasteiger partial charge < -0.3 is 14.2 Å². The summed E-state index contributed by atoms with van der Waals surface area (Å²) in [6.45, 7) is 5.29. The van der Waals surface area contributed by atoms with Crippen LogP contribution in [-0.4, -0.2) is 29.7 Å². The third kappa shape index (κ3) is 5.25. The largest absolute Gasteiger partial charge is 0.484 e. The summed E-state index contributed by atoms with van der Waals surface area (Å²) in [6, 6.07) is 8.70. The van der Waals surface area contributed by atoms with E-state index in [1.807, 2.05) is 6.07 Å². The number of nitrogens with one attached hydrogen (secondary N) is 2. The van der Waals surface area contributed by atoms with Gasteiger partial charge in [0.1, 0.15) is 28.7 Å². The highest BCUT2D eigenvalue weighted by atomic mass is 35.5. The Morgan fingerprint density at radius 3 is 2.74 bits per heavy atom. The lowest BCUT2D eigenvalue weighted by Gasteiger charge is -2.21. The molecule has 1 heterocycles. The van der Waals surface area contributed by atoms with Crippen molar-refractivity contribution in [2.75, 3.05) is 12.4 Å². The Morgan fingerprint density at radius 2 is 2.10 bits per heavy atom. The van der Waals surface area contributed by atoms with Crippen LogP contribution >= 0.6 is 11.6 Å². The van der Waals surface area contributed by atoms with Crippen LogP contribution in [0.15, 0.2) is 24.3 Å². The minimum Gasteiger partial charge on any atom is -0.484 e. The molecule has 0 bridgehead atoms. The van der Waals surface area contributed by atoms with E-state index in [1.165, 1.54) is 7.11 Å². The van der Waals surface area contributed by atoms with Gasteiger partial charge >= 0.3 is 6.09 Å². The van der Waals surface area contributed by atoms with E-state index in [9.17, 15) is 4.79 Å². The lowest BCUT2D eigenvalue weighted by atomic mass is 10.1. The maximum absolute atomic E-state index is 12.2. The standard InChI is InChI=1S/C22H23ClN4O4/c1-22(2,3)31-21(28)26-16-7-6-14(10-15(16)20(25)29-4)30-17-8-5-12-9-13(11-24)19(23)27-18(12)17/h6-7,9-10,17,25H,5,8H2,1-4H3,(H,26,28). The Hall–Kier alpha value is -3.31. The van der Waals surface area contributed by atoms with Crippen LogP contribution in [0.25, 0.3) is 0 Å². The normalized spacial score (nSPS) is 14.9. The smallest absolute Gasteiger partial charge is 0.412 e. The van der Waals surface area contributed by atoms with Gasteiger partial charge in [-0.15, -0.1) is 0 Å². The van der Waals surface area contributed by atoms with Gasteiger partial charge in [0.05, 0.1) is 29.6 Å². The molecular weight excluding hydrogens is 420 g/mol. The molecule has 31 heavy (non-hydrogen) atoms. The Bertz CT molecular complexity index is 1070. The summed E-state index contributed by atoms with van der Waals surface area (Å²) in [5.74, 6) is 0.342. The summed E-state index contributed by atoms with van der Waals surface area (Å²) < 4.78 is 16.4. The number of hydrogen-bond acceptors (Lipinski definition) is 7. The molecule has 0 saturated heterocycles. The summed E-state index contributed by atoms with van der Waals surface area (Å²) >= 11 is 6.09. The summed E-state index contributed by atoms with van der Waals surface area (Å²) in [4.78, 5) is 16.5. The van der Waals surface area contributed by atoms with Gasteiger partial charge in [-0.3, -0.25) is 10.7 Å². The van der Waals surface area contributed by atoms with Crippen molar-refractivity contribution in [1.29, 1.82) is 10.7 Å². The Balaban J connectivity index is 1.84. The van der Waals surface area contributed by atoms with Crippen molar-refractivity contribution in [1.82, 2.24) is 4.98 Å². The van der Waals surface area contributed by atoms with E-state index in [0.717, 1.165) is 12.0 Å². The van der Waals surface area contributed by atoms with Crippen LogP contribution in [0.2, 0.25) is 5.15 Å². The number of hydrogen-bond donors (Lipinski definition) is 2. The number of carbonyl (C=O) groups excluding carboxylic acids is 1. The molecule has 0 saturated carbocycles. The monoisotopic (exact) mass is 442 g/mol. The van der Waals surface area contributed by atoms with Crippen LogP contribution in [0.1, 0.15) is 55.7 Å². The van der Waals surface area contributed by atoms with Crippen molar-refractivity contribution < 1.29 is 19.0 Å². The number of pyridine rings is 1. The second-order valence-electron chi connectivity index (χ2n) is 8.00. The number of nitrogens with zero attached hydrogens (tertiary/aromatic N) is 2. The molecule has 1 amide bonds. The lowest BCUT2D eigenvalue weighted by molar-refractivity contribution is 0.0636. The molecule has 1 aromatic carbocycles. The molecule has 3 rings (SSSR count). The number of amides is 1. The van der Waals surface area contributed by atoms with Crippen LogP contribution in [0, 0.1) is 16.7 Å². The second-order valence-corrected chi connectivity index (χ2v) is 8.35. The fraction of sp³-hybridized carbons (Fsp3) is 0.364. The first-order valence-corrected chi connectivity index (χ1v) is 10.0. The summed E-state index contributed by atoms with van der Waals surface area (Å²) in [7, 11) is 1.37. The van der Waals surface area contributed by atoms with Gasteiger partial charge in [0.25, 0.3) is 0 Å². The lowest BCUT2D eigenvalue weighted by Crippen LogP contribution is -2.27. The number of halogens is 1. The van der Waals surface area contributed by atoms with E-state index < -0.39 is 11.7 Å². The minimum atomic E-state index is -0.655. The molecule has 1 aromatic heterocycles. The third-order valence-electron chi connectivity index (χ3n) is 4.54. The van der Waals surface area contributed by atoms with Gasteiger partial charge in [-0.25, -0.2) is 9.78 Å². The molecule has 9 heteroatoms. The number of aromatic nitrogens is 1. The maximum atomic E-state index is 12.2. The predicted molar refractivity (Wildman–Crippen MR) is 116 cm³/mol. The minimum absolute atomic E-state index is 0.136. The van der Waals surface area contributed by atoms with Crippen LogP contribution in [0.4, 0.5) is 10.5 Å². The van der Waals surface area contributed by atoms with Gasteiger partial charge in [-0.05, 0) is 63.4 Å². The average molecular weight is 443 g/mol. The highest BCUT2D eigenvalue weighted by Crippen LogP contribution is 2.36. The zero-order valence-electron chi connectivity index (χ0n) is 17.7. The molecular formula is C22H23ClN4O4. The van der Waals surface area contributed by atoms with Crippen LogP contribution < -0.4 is 10.1 Å². The first-order valence-electron chi connectivity index (χ1n) is 9.64. The quantitative estimate of drug-likeness (QED) is 0.391. The highest BCUT2D eigenvalue weighted by Gasteiger charge is 2.28. The zero-order valence-corrected chi connectivity index (χ0v) is 18.5. The summed E-state index contributed by atoms with van der Waals surface area (Å²) in [5.41, 5.74) is 2.02. The van der Waals surface area contributed by atoms with Gasteiger partial charge in [0.2, 0.25) is 5.90 Å². The first kappa shape index (κ1) is 22.4. The molecule has 0 aliphatic heterocycles. The van der Waals surface area contributed by atoms with Crippen molar-refractivity contribution in [3.8, 4) is 11.8 Å². The Labute approximate surface area is 185 Å². The average Bonchev–Trinajstić information content (AvgIpc) is 3.07. The fourth-order valence-corrected chi connectivity index (χ4v) is 3.41. The molecule has 1 aliphatic carbocycles. The Kier molecular flexibility index (Phi) is 6.37. The topological polar surface area (TPSA) is 117 Å². The summed E-state index contributed by atoms with van der Waals surface area (Å²) in [6.07, 6.45) is 0.429. The number of nitriles is 1. The number of ether oxygens (including phenoxy) is 3. The number of methoxy groups -OCH3 is 1. The van der Waals surface area contributed by atoms with E-state index in [1.54, 1.807) is 45.0 Å². The molecule has 1 atom stereocenters. The van der Waals surface area contributed by atoms with Gasteiger partial charge in [-0.1, -0.05) is 11.6 Å². The van der Waals surface area contributed by atoms with Gasteiger partial charge in [-0.2, -0.15) is 5.26 Å². The third-order valence-corrected chi connectivity index (χ3v) is 4.83. The number of anilines is 1. The van der Waals surface area contributed by atoms with Crippen molar-refractivity contribution in [2.45, 2.75) is 45.3 Å². The van der Waals surface area contributed by atoms with E-state index >= 15 is 0 Å². The molecule has 162 valence electrons. The van der Waals surface area contributed by atoms with E-state index in [4.69, 9.17) is 36.5 Å². The number of fused-ring (bicyclic) bond motifs is 1. The maximum Gasteiger partial charge on any atom is 0.412 e. The SMILES string of the molecule is COC(=N)c1cc(OC2CCc3cc(C#N)c(Cl)nc32)ccc1NC(=O)OC(C)(C)C. The summed E-state index contributed by atoms with van der Waals surface area (Å²) in [5, 5.41) is 20.0. The molecule has 1 aliphatic rings. The molecule has 0 fully saturated rings. The van der Waals surface area contributed by atoms with Crippen molar-refractivity contribution in [2.24, 2.45) is 0 Å². The molecule has 1 unspecified atom stereocenters. The molecule has 2 aromatic rings. The van der Waals surface area contributed by atoms with E-state index in [2.05, 4.69) is 10.3 Å². The van der Waals surface area contributed by atoms with Crippen LogP contribution in [0.5, 0.6) is 5.75 Å². The van der Waals surface area contributed by atoms with Crippen LogP contribution in [-0.2, 0) is 15.9 Å². The van der Waals surface area contributed by atoms with Gasteiger partial charge in [0, 0.05) is 0 Å². The van der Waals surface area contributed by atoms with Crippen molar-refractivity contribution in [3.63, 3.8) is 0 Å². The number of benzene rings is 1. The second kappa shape index (κ2) is 8.82. The van der Waals surface area contributed by atoms with E-state index in [-0.39, 0.29) is 17.2 Å². The number of aryl methyl sites for hydroxylation is 1. The molecule has 0 radical (unpaired) electrons. The van der Waals surface area contributed by atoms with E-state index in [0.29, 0.717) is 34.7 Å². The van der Waals surface area contributed by atoms with Crippen LogP contribution in [0.3, 0.4) is 0 Å². The number of rotatable bonds is 4. The fourth-order valence-electron chi connectivity index (χ4n) is 3.22. The Morgan fingerprint density at radius 1 is 1.35 bits per heavy atom. The van der Waals surface area contributed by atoms with Crippen molar-refractivity contribution in [3.05, 3.63) is 51.8 Å². The van der Waals surface area contributed by atoms with Gasteiger partial charge in [0.15, 0.2) is 0 Å².